The molecule has 0 spiro atoms. The Kier molecular flexibility index (Phi) is 1.50. The lowest BCUT2D eigenvalue weighted by Gasteiger charge is -2.30. The molecule has 2 aliphatic rings. The van der Waals surface area contributed by atoms with E-state index in [4.69, 9.17) is 14.6 Å². The first-order chi connectivity index (χ1) is 5.27. The van der Waals surface area contributed by atoms with Gasteiger partial charge in [0.05, 0.1) is 6.61 Å². The van der Waals surface area contributed by atoms with Crippen molar-refractivity contribution in [2.75, 3.05) is 13.2 Å². The average molecular weight is 158 g/mol. The molecule has 1 fully saturated rings. The summed E-state index contributed by atoms with van der Waals surface area (Å²) in [4.78, 5) is 0. The largest absolute Gasteiger partial charge is 0.391 e. The van der Waals surface area contributed by atoms with Crippen molar-refractivity contribution >= 4 is 0 Å². The van der Waals surface area contributed by atoms with E-state index in [0.29, 0.717) is 6.61 Å². The monoisotopic (exact) mass is 158 g/mol. The van der Waals surface area contributed by atoms with Crippen LogP contribution < -0.4 is 0 Å². The second-order valence-electron chi connectivity index (χ2n) is 2.77. The highest BCUT2D eigenvalue weighted by Gasteiger charge is 2.48. The van der Waals surface area contributed by atoms with Crippen molar-refractivity contribution in [1.29, 1.82) is 0 Å². The lowest BCUT2D eigenvalue weighted by molar-refractivity contribution is -0.235. The van der Waals surface area contributed by atoms with Gasteiger partial charge in [0.25, 0.3) is 0 Å². The molecular formula is C7H10O4. The number of hydrogen-bond donors (Lipinski definition) is 2. The van der Waals surface area contributed by atoms with Gasteiger partial charge in [-0.25, -0.2) is 0 Å². The Balaban J connectivity index is 2.27. The van der Waals surface area contributed by atoms with Crippen LogP contribution in [-0.4, -0.2) is 41.4 Å². The van der Waals surface area contributed by atoms with E-state index >= 15 is 0 Å². The highest BCUT2D eigenvalue weighted by molar-refractivity contribution is 5.09. The Labute approximate surface area is 64.0 Å². The number of aliphatic hydroxyl groups excluding tert-OH is 2. The summed E-state index contributed by atoms with van der Waals surface area (Å²) in [6.45, 7) is 0.100. The van der Waals surface area contributed by atoms with Gasteiger partial charge in [-0.2, -0.15) is 0 Å². The van der Waals surface area contributed by atoms with Crippen LogP contribution in [0, 0.1) is 0 Å². The Hall–Kier alpha value is -0.420. The fraction of sp³-hybridized carbons (Fsp3) is 0.714. The van der Waals surface area contributed by atoms with Gasteiger partial charge in [0.2, 0.25) is 5.79 Å². The molecular weight excluding hydrogens is 148 g/mol. The Morgan fingerprint density at radius 3 is 3.00 bits per heavy atom. The molecule has 3 atom stereocenters. The molecule has 0 radical (unpaired) electrons. The second kappa shape index (κ2) is 2.28. The third kappa shape index (κ3) is 0.911. The molecule has 2 aliphatic heterocycles. The van der Waals surface area contributed by atoms with Crippen LogP contribution >= 0.6 is 0 Å². The van der Waals surface area contributed by atoms with Crippen molar-refractivity contribution in [3.05, 3.63) is 12.2 Å². The van der Waals surface area contributed by atoms with Gasteiger partial charge in [-0.3, -0.25) is 0 Å². The van der Waals surface area contributed by atoms with Crippen LogP contribution in [0.5, 0.6) is 0 Å². The first-order valence-corrected chi connectivity index (χ1v) is 3.56. The summed E-state index contributed by atoms with van der Waals surface area (Å²) < 4.78 is 10.4. The summed E-state index contributed by atoms with van der Waals surface area (Å²) in [6, 6.07) is 0. The minimum Gasteiger partial charge on any atom is -0.391 e. The van der Waals surface area contributed by atoms with E-state index in [9.17, 15) is 5.11 Å². The molecule has 0 aromatic carbocycles. The predicted octanol–water partition coefficient (Wildman–Crippen LogP) is -0.979. The summed E-state index contributed by atoms with van der Waals surface area (Å²) >= 11 is 0. The maximum absolute atomic E-state index is 9.35. The zero-order chi connectivity index (χ0) is 7.90. The smallest absolute Gasteiger partial charge is 0.222 e. The van der Waals surface area contributed by atoms with Crippen molar-refractivity contribution in [2.24, 2.45) is 0 Å². The van der Waals surface area contributed by atoms with Crippen LogP contribution in [0.1, 0.15) is 0 Å². The van der Waals surface area contributed by atoms with Crippen molar-refractivity contribution in [1.82, 2.24) is 0 Å². The molecule has 0 unspecified atom stereocenters. The number of fused-ring (bicyclic) bond motifs is 2. The van der Waals surface area contributed by atoms with Crippen LogP contribution in [0.25, 0.3) is 0 Å². The van der Waals surface area contributed by atoms with E-state index < -0.39 is 11.9 Å². The van der Waals surface area contributed by atoms with Gasteiger partial charge < -0.3 is 19.7 Å². The van der Waals surface area contributed by atoms with Crippen molar-refractivity contribution < 1.29 is 19.7 Å². The molecule has 1 saturated heterocycles. The van der Waals surface area contributed by atoms with E-state index in [1.54, 1.807) is 12.2 Å². The molecule has 2 bridgehead atoms. The normalized spacial score (nSPS) is 48.2. The van der Waals surface area contributed by atoms with E-state index in [0.717, 1.165) is 0 Å². The van der Waals surface area contributed by atoms with E-state index in [1.807, 2.05) is 0 Å². The number of aliphatic hydroxyl groups is 2. The van der Waals surface area contributed by atoms with Crippen molar-refractivity contribution in [2.45, 2.75) is 18.0 Å². The zero-order valence-electron chi connectivity index (χ0n) is 5.93. The number of hydrogen-bond acceptors (Lipinski definition) is 4. The lowest BCUT2D eigenvalue weighted by Crippen LogP contribution is -2.47. The molecule has 0 amide bonds. The zero-order valence-corrected chi connectivity index (χ0v) is 5.93. The first-order valence-electron chi connectivity index (χ1n) is 3.56. The molecule has 0 saturated carbocycles. The van der Waals surface area contributed by atoms with E-state index in [1.165, 1.54) is 0 Å². The van der Waals surface area contributed by atoms with Gasteiger partial charge >= 0.3 is 0 Å². The summed E-state index contributed by atoms with van der Waals surface area (Å²) in [5.41, 5.74) is 0. The van der Waals surface area contributed by atoms with Crippen LogP contribution in [0.3, 0.4) is 0 Å². The van der Waals surface area contributed by atoms with Gasteiger partial charge in [-0.05, 0) is 0 Å². The van der Waals surface area contributed by atoms with Gasteiger partial charge in [0.15, 0.2) is 0 Å². The number of rotatable bonds is 1. The van der Waals surface area contributed by atoms with Crippen molar-refractivity contribution in [3.63, 3.8) is 0 Å². The number of ether oxygens (including phenoxy) is 2. The maximum Gasteiger partial charge on any atom is 0.222 e. The molecule has 2 rings (SSSR count). The molecule has 2 N–H and O–H groups in total. The fourth-order valence-electron chi connectivity index (χ4n) is 1.35. The summed E-state index contributed by atoms with van der Waals surface area (Å²) in [5, 5.41) is 18.2. The summed E-state index contributed by atoms with van der Waals surface area (Å²) in [5.74, 6) is -1.18. The quantitative estimate of drug-likeness (QED) is 0.482. The third-order valence-corrected chi connectivity index (χ3v) is 2.02. The van der Waals surface area contributed by atoms with E-state index in [-0.39, 0.29) is 12.7 Å². The first kappa shape index (κ1) is 7.24. The predicted molar refractivity (Wildman–Crippen MR) is 35.8 cm³/mol. The minimum absolute atomic E-state index is 0.106. The Morgan fingerprint density at radius 1 is 1.55 bits per heavy atom. The lowest BCUT2D eigenvalue weighted by atomic mass is 10.1. The van der Waals surface area contributed by atoms with Crippen LogP contribution in [0.2, 0.25) is 0 Å². The summed E-state index contributed by atoms with van der Waals surface area (Å²) in [7, 11) is 0. The van der Waals surface area contributed by atoms with E-state index in [2.05, 4.69) is 0 Å². The van der Waals surface area contributed by atoms with Crippen molar-refractivity contribution in [3.8, 4) is 0 Å². The Morgan fingerprint density at radius 2 is 2.36 bits per heavy atom. The minimum atomic E-state index is -1.18. The second-order valence-corrected chi connectivity index (χ2v) is 2.77. The average Bonchev–Trinajstić information content (AvgIpc) is 2.39. The fourth-order valence-corrected chi connectivity index (χ4v) is 1.35. The Bertz CT molecular complexity index is 191. The highest BCUT2D eigenvalue weighted by atomic mass is 16.8. The maximum atomic E-state index is 9.35. The molecule has 0 aromatic rings. The van der Waals surface area contributed by atoms with Gasteiger partial charge in [0, 0.05) is 0 Å². The van der Waals surface area contributed by atoms with Gasteiger partial charge in [-0.1, -0.05) is 12.2 Å². The molecule has 62 valence electrons. The van der Waals surface area contributed by atoms with Gasteiger partial charge in [-0.15, -0.1) is 0 Å². The molecule has 4 heteroatoms. The SMILES string of the molecule is OC[C@@]12OC[C@H](C=C[C@@H]1O)O2. The standard InChI is InChI=1S/C7H10O4/c8-4-7-6(9)2-1-5(11-7)3-10-7/h1-2,5-6,8-9H,3-4H2/t5-,6-,7-/m0/s1. The van der Waals surface area contributed by atoms with Crippen LogP contribution in [0.4, 0.5) is 0 Å². The molecule has 4 nitrogen and oxygen atoms in total. The van der Waals surface area contributed by atoms with Crippen LogP contribution in [0.15, 0.2) is 12.2 Å². The molecule has 0 aromatic heterocycles. The molecule has 0 aliphatic carbocycles. The highest BCUT2D eigenvalue weighted by Crippen LogP contribution is 2.31. The molecule has 2 heterocycles. The topological polar surface area (TPSA) is 58.9 Å². The van der Waals surface area contributed by atoms with Gasteiger partial charge in [0.1, 0.15) is 18.8 Å². The van der Waals surface area contributed by atoms with Crippen LogP contribution in [-0.2, 0) is 9.47 Å². The third-order valence-electron chi connectivity index (χ3n) is 2.02. The molecule has 11 heavy (non-hydrogen) atoms. The summed E-state index contributed by atoms with van der Waals surface area (Å²) in [6.07, 6.45) is 2.37.